The first-order valence-electron chi connectivity index (χ1n) is 2.94. The van der Waals surface area contributed by atoms with E-state index in [0.717, 1.165) is 0 Å². The summed E-state index contributed by atoms with van der Waals surface area (Å²) in [5.74, 6) is 0. The summed E-state index contributed by atoms with van der Waals surface area (Å²) in [4.78, 5) is 10.4. The Morgan fingerprint density at radius 2 is 1.85 bits per heavy atom. The summed E-state index contributed by atoms with van der Waals surface area (Å²) in [6.07, 6.45) is -4.67. The molecular formula is C4H11F3NO4P. The van der Waals surface area contributed by atoms with Crippen LogP contribution in [-0.4, -0.2) is 19.4 Å². The molecule has 13 heavy (non-hydrogen) atoms. The van der Waals surface area contributed by atoms with Crippen LogP contribution in [0.25, 0.3) is 0 Å². The maximum absolute atomic E-state index is 11.4. The van der Waals surface area contributed by atoms with Crippen molar-refractivity contribution >= 4 is 7.82 Å². The quantitative estimate of drug-likeness (QED) is 0.732. The largest absolute Gasteiger partial charge is 0.756 e. The molecule has 82 valence electrons. The standard InChI is InChI=1S/C4H8F3O4P.H3N/c1-2-10-12(8,9)11-3-4(5,6)7;/h2-3H2,1H3,(H,8,9);1H3. The van der Waals surface area contributed by atoms with Crippen molar-refractivity contribution in [2.75, 3.05) is 13.2 Å². The van der Waals surface area contributed by atoms with E-state index in [2.05, 4.69) is 9.05 Å². The molecular weight excluding hydrogens is 214 g/mol. The molecule has 0 spiro atoms. The predicted octanol–water partition coefficient (Wildman–Crippen LogP) is 1.45. The van der Waals surface area contributed by atoms with Gasteiger partial charge in [0.05, 0.1) is 6.61 Å². The topological polar surface area (TPSA) is 95.1 Å². The van der Waals surface area contributed by atoms with Gasteiger partial charge in [0.25, 0.3) is 7.82 Å². The van der Waals surface area contributed by atoms with Crippen LogP contribution >= 0.6 is 7.82 Å². The van der Waals surface area contributed by atoms with E-state index in [1.54, 1.807) is 0 Å². The second-order valence-electron chi connectivity index (χ2n) is 1.75. The minimum Gasteiger partial charge on any atom is -0.756 e. The lowest BCUT2D eigenvalue weighted by molar-refractivity contribution is -0.239. The van der Waals surface area contributed by atoms with E-state index in [0.29, 0.717) is 0 Å². The molecule has 0 radical (unpaired) electrons. The molecule has 0 aliphatic carbocycles. The third-order valence-corrected chi connectivity index (χ3v) is 1.69. The minimum absolute atomic E-state index is 0. The van der Waals surface area contributed by atoms with Gasteiger partial charge in [-0.15, -0.1) is 0 Å². The molecule has 0 bridgehead atoms. The zero-order valence-electron chi connectivity index (χ0n) is 7.13. The van der Waals surface area contributed by atoms with E-state index in [-0.39, 0.29) is 12.8 Å². The van der Waals surface area contributed by atoms with Gasteiger partial charge in [0.2, 0.25) is 0 Å². The van der Waals surface area contributed by atoms with E-state index in [9.17, 15) is 22.6 Å². The van der Waals surface area contributed by atoms with Crippen LogP contribution < -0.4 is 11.0 Å². The molecule has 9 heteroatoms. The van der Waals surface area contributed by atoms with Crippen LogP contribution in [0.1, 0.15) is 6.92 Å². The van der Waals surface area contributed by atoms with Gasteiger partial charge in [0.15, 0.2) is 6.61 Å². The maximum Gasteiger partial charge on any atom is 0.412 e. The summed E-state index contributed by atoms with van der Waals surface area (Å²) in [7, 11) is -4.76. The second-order valence-corrected chi connectivity index (χ2v) is 3.16. The molecule has 0 saturated heterocycles. The van der Waals surface area contributed by atoms with Gasteiger partial charge >= 0.3 is 6.18 Å². The Morgan fingerprint density at radius 1 is 1.38 bits per heavy atom. The lowest BCUT2D eigenvalue weighted by Gasteiger charge is -2.22. The highest BCUT2D eigenvalue weighted by Gasteiger charge is 2.29. The van der Waals surface area contributed by atoms with Gasteiger partial charge < -0.3 is 20.1 Å². The third kappa shape index (κ3) is 9.78. The maximum atomic E-state index is 11.4. The molecule has 0 aromatic rings. The van der Waals surface area contributed by atoms with Crippen LogP contribution in [-0.2, 0) is 13.6 Å². The molecule has 1 unspecified atom stereocenters. The Bertz CT molecular complexity index is 185. The zero-order valence-corrected chi connectivity index (χ0v) is 8.02. The van der Waals surface area contributed by atoms with Crippen molar-refractivity contribution in [3.05, 3.63) is 0 Å². The molecule has 0 heterocycles. The van der Waals surface area contributed by atoms with Gasteiger partial charge in [-0.2, -0.15) is 13.2 Å². The Hall–Kier alpha value is -0.140. The molecule has 0 fully saturated rings. The highest BCUT2D eigenvalue weighted by atomic mass is 31.2. The number of halogens is 3. The van der Waals surface area contributed by atoms with Crippen LogP contribution in [0.5, 0.6) is 0 Å². The minimum atomic E-state index is -4.76. The average molecular weight is 225 g/mol. The van der Waals surface area contributed by atoms with Crippen molar-refractivity contribution in [3.8, 4) is 0 Å². The Labute approximate surface area is 73.0 Å². The fourth-order valence-electron chi connectivity index (χ4n) is 0.348. The average Bonchev–Trinajstić information content (AvgIpc) is 1.83. The van der Waals surface area contributed by atoms with Crippen LogP contribution in [0.15, 0.2) is 0 Å². The second kappa shape index (κ2) is 5.56. The van der Waals surface area contributed by atoms with Gasteiger partial charge in [-0.25, -0.2) is 0 Å². The zero-order chi connectivity index (χ0) is 9.83. The molecule has 5 nitrogen and oxygen atoms in total. The number of alkyl halides is 3. The number of hydrogen-bond acceptors (Lipinski definition) is 4. The SMILES string of the molecule is CCOP(=O)([O-])OCC(F)(F)F.[NH4+]. The van der Waals surface area contributed by atoms with Crippen LogP contribution in [0.3, 0.4) is 0 Å². The van der Waals surface area contributed by atoms with E-state index < -0.39 is 20.6 Å². The van der Waals surface area contributed by atoms with Gasteiger partial charge in [-0.05, 0) is 6.92 Å². The van der Waals surface area contributed by atoms with Gasteiger partial charge in [0, 0.05) is 0 Å². The van der Waals surface area contributed by atoms with Crippen LogP contribution in [0, 0.1) is 0 Å². The van der Waals surface area contributed by atoms with Gasteiger partial charge in [-0.3, -0.25) is 4.57 Å². The number of phosphoric ester groups is 1. The first-order valence-corrected chi connectivity index (χ1v) is 4.40. The Morgan fingerprint density at radius 3 is 2.15 bits per heavy atom. The fraction of sp³-hybridized carbons (Fsp3) is 1.00. The fourth-order valence-corrected chi connectivity index (χ4v) is 1.04. The summed E-state index contributed by atoms with van der Waals surface area (Å²) in [5, 5.41) is 0. The van der Waals surface area contributed by atoms with E-state index in [1.165, 1.54) is 6.92 Å². The molecule has 0 rings (SSSR count). The van der Waals surface area contributed by atoms with Crippen molar-refractivity contribution in [3.63, 3.8) is 0 Å². The van der Waals surface area contributed by atoms with Crippen molar-refractivity contribution < 1.29 is 31.7 Å². The monoisotopic (exact) mass is 225 g/mol. The summed E-state index contributed by atoms with van der Waals surface area (Å²) >= 11 is 0. The molecule has 1 atom stereocenters. The molecule has 0 aromatic heterocycles. The van der Waals surface area contributed by atoms with Crippen molar-refractivity contribution in [1.29, 1.82) is 0 Å². The number of hydrogen-bond donors (Lipinski definition) is 1. The van der Waals surface area contributed by atoms with Crippen molar-refractivity contribution in [2.24, 2.45) is 0 Å². The molecule has 0 amide bonds. The molecule has 0 saturated carbocycles. The Balaban J connectivity index is 0. The summed E-state index contributed by atoms with van der Waals surface area (Å²) in [5.41, 5.74) is 0. The molecule has 4 N–H and O–H groups in total. The summed E-state index contributed by atoms with van der Waals surface area (Å²) < 4.78 is 51.9. The Kier molecular flexibility index (Phi) is 6.56. The van der Waals surface area contributed by atoms with E-state index >= 15 is 0 Å². The number of rotatable bonds is 4. The number of phosphoric acid groups is 1. The predicted molar refractivity (Wildman–Crippen MR) is 37.2 cm³/mol. The molecule has 0 aliphatic heterocycles. The van der Waals surface area contributed by atoms with Crippen LogP contribution in [0.4, 0.5) is 13.2 Å². The third-order valence-electron chi connectivity index (χ3n) is 0.674. The first-order chi connectivity index (χ1) is 5.27. The number of quaternary nitrogens is 1. The van der Waals surface area contributed by atoms with E-state index in [1.807, 2.05) is 0 Å². The van der Waals surface area contributed by atoms with Gasteiger partial charge in [-0.1, -0.05) is 0 Å². The van der Waals surface area contributed by atoms with Crippen molar-refractivity contribution in [1.82, 2.24) is 6.15 Å². The first kappa shape index (κ1) is 15.3. The molecule has 0 aromatic carbocycles. The van der Waals surface area contributed by atoms with Crippen LogP contribution in [0.2, 0.25) is 0 Å². The summed E-state index contributed by atoms with van der Waals surface area (Å²) in [6, 6.07) is 0. The molecule has 0 aliphatic rings. The highest BCUT2D eigenvalue weighted by molar-refractivity contribution is 7.45. The lowest BCUT2D eigenvalue weighted by Crippen LogP contribution is -2.19. The highest BCUT2D eigenvalue weighted by Crippen LogP contribution is 2.39. The normalized spacial score (nSPS) is 16.1. The summed E-state index contributed by atoms with van der Waals surface area (Å²) in [6.45, 7) is -0.784. The van der Waals surface area contributed by atoms with E-state index in [4.69, 9.17) is 0 Å². The lowest BCUT2D eigenvalue weighted by atomic mass is 10.7. The van der Waals surface area contributed by atoms with Gasteiger partial charge in [0.1, 0.15) is 0 Å². The van der Waals surface area contributed by atoms with Crippen molar-refractivity contribution in [2.45, 2.75) is 13.1 Å². The smallest absolute Gasteiger partial charge is 0.412 e.